The van der Waals surface area contributed by atoms with Gasteiger partial charge in [-0.15, -0.1) is 0 Å². The number of nitrogen functional groups attached to an aromatic ring is 4. The molecule has 5 aliphatic heterocycles. The Hall–Kier alpha value is -7.37. The third-order valence-corrected chi connectivity index (χ3v) is 21.1. The second kappa shape index (κ2) is 35.8. The summed E-state index contributed by atoms with van der Waals surface area (Å²) in [5.74, 6) is -1.18. The van der Waals surface area contributed by atoms with E-state index in [-0.39, 0.29) is 74.7 Å². The monoisotopic (exact) mass is 1730 g/mol. The Morgan fingerprint density at radius 3 is 1.19 bits per heavy atom. The van der Waals surface area contributed by atoms with Crippen LogP contribution in [0.5, 0.6) is 0 Å². The molecule has 4 aromatic rings. The van der Waals surface area contributed by atoms with E-state index in [9.17, 15) is 38.7 Å². The van der Waals surface area contributed by atoms with Crippen LogP contribution in [0.15, 0.2) is 95.7 Å². The minimum absolute atomic E-state index is 0. The van der Waals surface area contributed by atoms with Gasteiger partial charge in [-0.25, -0.2) is 24.0 Å². The molecule has 12 atom stereocenters. The molecule has 0 spiro atoms. The largest absolute Gasteiger partial charge is 0.481 e. The minimum atomic E-state index is -0.914. The number of nitrogens with two attached hydrogens (primary N) is 4. The first kappa shape index (κ1) is 87.5. The SMILES string of the molecule is C.C.CC(=O)O.CC(C)(C)OC(=O)N1[C@@H]2CC[C@@H](C2)[C@H]1C(=O)Nc1cc(Br)ccc1N.CC(C)(C)OC(=O)N1[C@@H]2CC[C@@H](C2)[C@H]1C(=O)Nc1ccc(Br)cc1N.CC(C)(C)OC(=O)N1[C@@H]2CC[C@@H](C2)[C@H]1C(=O)O.CC(C)(C)OC(=O)N1[C@@H]2CC[C@@H](C2)[C@H]1C1=Nc2ccc(Br)cc2C1.Nc1ccc(Br)cc1N. The van der Waals surface area contributed by atoms with Crippen molar-refractivity contribution in [2.75, 3.05) is 33.6 Å². The maximum absolute atomic E-state index is 12.9. The van der Waals surface area contributed by atoms with E-state index in [4.69, 9.17) is 56.8 Å². The molecule has 6 amide bonds. The predicted octanol–water partition coefficient (Wildman–Crippen LogP) is 17.2. The van der Waals surface area contributed by atoms with Gasteiger partial charge in [0.05, 0.1) is 45.9 Å². The maximum Gasteiger partial charge on any atom is 0.411 e. The van der Waals surface area contributed by atoms with Crippen molar-refractivity contribution in [3.63, 3.8) is 0 Å². The van der Waals surface area contributed by atoms with Crippen molar-refractivity contribution in [1.82, 2.24) is 19.6 Å². The zero-order valence-electron chi connectivity index (χ0n) is 61.4. The van der Waals surface area contributed by atoms with Gasteiger partial charge in [-0.1, -0.05) is 78.6 Å². The topological polar surface area (TPSA) is 367 Å². The number of hydrogen-bond acceptors (Lipinski definition) is 17. The van der Waals surface area contributed by atoms with Crippen LogP contribution in [0.25, 0.3) is 0 Å². The van der Waals surface area contributed by atoms with E-state index in [1.165, 1.54) is 16.9 Å². The van der Waals surface area contributed by atoms with Crippen molar-refractivity contribution in [1.29, 1.82) is 0 Å². The lowest BCUT2D eigenvalue weighted by atomic mass is 9.92. The highest BCUT2D eigenvalue weighted by molar-refractivity contribution is 9.11. The van der Waals surface area contributed by atoms with Crippen molar-refractivity contribution in [2.45, 2.75) is 259 Å². The summed E-state index contributed by atoms with van der Waals surface area (Å²) in [4.78, 5) is 108. The minimum Gasteiger partial charge on any atom is -0.481 e. The number of anilines is 6. The number of halogens is 4. The van der Waals surface area contributed by atoms with Crippen molar-refractivity contribution in [2.24, 2.45) is 28.7 Å². The third-order valence-electron chi connectivity index (χ3n) is 19.2. The van der Waals surface area contributed by atoms with Gasteiger partial charge >= 0.3 is 30.3 Å². The van der Waals surface area contributed by atoms with Gasteiger partial charge in [0.1, 0.15) is 40.5 Å². The van der Waals surface area contributed by atoms with E-state index in [0.717, 1.165) is 113 Å². The van der Waals surface area contributed by atoms with Crippen molar-refractivity contribution < 1.29 is 67.5 Å². The fourth-order valence-corrected chi connectivity index (χ4v) is 16.8. The average molecular weight is 1730 g/mol. The summed E-state index contributed by atoms with van der Waals surface area (Å²) in [7, 11) is 0. The quantitative estimate of drug-likeness (QED) is 0.0656. The first-order chi connectivity index (χ1) is 48.3. The molecule has 4 aromatic carbocycles. The Kier molecular flexibility index (Phi) is 29.5. The van der Waals surface area contributed by atoms with Crippen LogP contribution in [0.2, 0.25) is 0 Å². The second-order valence-electron chi connectivity index (χ2n) is 31.9. The van der Waals surface area contributed by atoms with Gasteiger partial charge in [-0.3, -0.25) is 39.0 Å². The van der Waals surface area contributed by atoms with Crippen LogP contribution in [0.4, 0.5) is 59.0 Å². The Morgan fingerprint density at radius 2 is 0.774 bits per heavy atom. The molecule has 4 aliphatic carbocycles. The number of nitrogens with one attached hydrogen (secondary N) is 2. The van der Waals surface area contributed by atoms with Crippen LogP contribution in [-0.2, 0) is 44.5 Å². The highest BCUT2D eigenvalue weighted by Crippen LogP contribution is 2.49. The van der Waals surface area contributed by atoms with Crippen molar-refractivity contribution >= 4 is 157 Å². The zero-order chi connectivity index (χ0) is 77.0. The fourth-order valence-electron chi connectivity index (χ4n) is 15.3. The Bertz CT molecular complexity index is 3890. The fraction of sp³-hybridized carbons (Fsp3) is 0.571. The summed E-state index contributed by atoms with van der Waals surface area (Å²) in [5.41, 5.74) is 27.3. The number of fused-ring (bicyclic) bond motifs is 9. The lowest BCUT2D eigenvalue weighted by Gasteiger charge is -2.36. The molecule has 106 heavy (non-hydrogen) atoms. The number of piperidine rings is 4. The number of nitrogens with zero attached hydrogens (tertiary/aromatic N) is 5. The van der Waals surface area contributed by atoms with E-state index < -0.39 is 70.7 Å². The smallest absolute Gasteiger partial charge is 0.411 e. The van der Waals surface area contributed by atoms with Gasteiger partial charge in [0.2, 0.25) is 11.8 Å². The van der Waals surface area contributed by atoms with Crippen LogP contribution < -0.4 is 33.6 Å². The highest BCUT2D eigenvalue weighted by Gasteiger charge is 2.56. The summed E-state index contributed by atoms with van der Waals surface area (Å²) in [6.45, 7) is 23.2. The number of aliphatic carboxylic acids is 2. The molecule has 0 aromatic heterocycles. The summed E-state index contributed by atoms with van der Waals surface area (Å²) in [6.07, 6.45) is 10.8. The summed E-state index contributed by atoms with van der Waals surface area (Å²) >= 11 is 13.5. The third kappa shape index (κ3) is 22.9. The Balaban J connectivity index is 0.000000209. The van der Waals surface area contributed by atoms with E-state index in [0.29, 0.717) is 46.1 Å². The second-order valence-corrected chi connectivity index (χ2v) is 35.5. The molecule has 25 nitrogen and oxygen atoms in total. The molecule has 13 rings (SSSR count). The Labute approximate surface area is 657 Å². The first-order valence-electron chi connectivity index (χ1n) is 35.2. The number of rotatable bonds is 6. The van der Waals surface area contributed by atoms with Crippen LogP contribution >= 0.6 is 63.7 Å². The highest BCUT2D eigenvalue weighted by atomic mass is 79.9. The molecule has 0 radical (unpaired) electrons. The number of carbonyl (C=O) groups excluding carboxylic acids is 6. The molecule has 5 heterocycles. The number of ether oxygens (including phenoxy) is 4. The number of benzene rings is 4. The summed E-state index contributed by atoms with van der Waals surface area (Å²) < 4.78 is 25.7. The molecule has 8 fully saturated rings. The molecule has 0 unspecified atom stereocenters. The standard InChI is InChI=1S/C19H23BrN2O2.2C18H24BrN3O3.C12H19NO4.C6H7BrN2.C2H4O2.2CH4/c1-19(2,3)24-18(23)22-14-6-4-11(9-14)17(22)16-10-12-8-13(20)5-7-15(12)21-16;1-18(2,3)25-17(24)22-12-6-4-10(8-12)15(22)16(23)21-14-7-5-11(19)9-13(14)20;1-18(2,3)25-17(24)22-12-6-4-10(8-12)15(22)16(23)21-14-9-11(19)5-7-13(14)20;1-12(2,3)17-11(16)13-8-5-4-7(6-8)9(13)10(14)15;7-4-1-2-5(8)6(9)3-4;1-2(3)4;;/h5,7-8,11,14,17H,4,6,9-10H2,1-3H3;2*5,7,9-10,12,15H,4,6,8,20H2,1-3H3,(H,21,23);7-9H,4-6H2,1-3H3,(H,14,15);1-3H,8-9H2;1H3,(H,3,4);2*1H4/t11-,14+,17-;2*10-,12+,15-;7-,8+,9-;;;;/m0000..../s1. The van der Waals surface area contributed by atoms with E-state index >= 15 is 0 Å². The van der Waals surface area contributed by atoms with Crippen LogP contribution in [0.3, 0.4) is 0 Å². The van der Waals surface area contributed by atoms with Gasteiger partial charge < -0.3 is 62.7 Å². The van der Waals surface area contributed by atoms with Crippen LogP contribution in [0, 0.1) is 23.7 Å². The van der Waals surface area contributed by atoms with E-state index in [1.807, 2.05) is 91.5 Å². The van der Waals surface area contributed by atoms with Crippen molar-refractivity contribution in [3.05, 3.63) is 96.3 Å². The number of aliphatic imine (C=N–C) groups is 1. The van der Waals surface area contributed by atoms with E-state index in [1.54, 1.807) is 67.0 Å². The molecule has 9 aliphatic rings. The predicted molar refractivity (Wildman–Crippen MR) is 429 cm³/mol. The number of carbonyl (C=O) groups is 8. The van der Waals surface area contributed by atoms with E-state index in [2.05, 4.69) is 86.5 Å². The lowest BCUT2D eigenvalue weighted by molar-refractivity contribution is -0.144. The average Bonchev–Trinajstić information content (AvgIpc) is 1.62. The van der Waals surface area contributed by atoms with Gasteiger partial charge in [0, 0.05) is 61.1 Å². The van der Waals surface area contributed by atoms with Gasteiger partial charge in [-0.05, 0) is 262 Å². The molecular weight excluding hydrogens is 1620 g/mol. The zero-order valence-corrected chi connectivity index (χ0v) is 67.7. The first-order valence-corrected chi connectivity index (χ1v) is 38.4. The molecule has 8 bridgehead atoms. The summed E-state index contributed by atoms with van der Waals surface area (Å²) in [5, 5.41) is 22.4. The molecule has 584 valence electrons. The maximum atomic E-state index is 12.9. The Morgan fingerprint density at radius 1 is 0.434 bits per heavy atom. The number of likely N-dealkylation sites (tertiary alicyclic amines) is 4. The molecule has 4 saturated heterocycles. The number of amides is 6. The van der Waals surface area contributed by atoms with Crippen molar-refractivity contribution in [3.8, 4) is 0 Å². The molecule has 4 saturated carbocycles. The lowest BCUT2D eigenvalue weighted by Crippen LogP contribution is -2.52. The van der Waals surface area contributed by atoms with Gasteiger partial charge in [0.25, 0.3) is 5.97 Å². The number of carboxylic acid groups (broad SMARTS) is 2. The summed E-state index contributed by atoms with van der Waals surface area (Å²) in [6, 6.07) is 21.1. The van der Waals surface area contributed by atoms with Gasteiger partial charge in [0.15, 0.2) is 0 Å². The van der Waals surface area contributed by atoms with Gasteiger partial charge in [-0.2, -0.15) is 0 Å². The molecule has 29 heteroatoms. The van der Waals surface area contributed by atoms with Crippen LogP contribution in [-0.4, -0.2) is 154 Å². The molecular formula is C77H109Br4N11O14. The normalized spacial score (nSPS) is 24.3. The number of carboxylic acids is 2. The van der Waals surface area contributed by atoms with Crippen LogP contribution in [0.1, 0.15) is 187 Å². The number of hydrogen-bond donors (Lipinski definition) is 8. The molecule has 12 N–H and O–H groups in total.